The molecule has 1 saturated carbocycles. The third-order valence-corrected chi connectivity index (χ3v) is 9.99. The first-order chi connectivity index (χ1) is 20.1. The minimum absolute atomic E-state index is 0.0955. The molecule has 1 fully saturated rings. The zero-order valence-electron chi connectivity index (χ0n) is 24.6. The number of fused-ring (bicyclic) bond motifs is 2. The van der Waals surface area contributed by atoms with Crippen LogP contribution in [0.15, 0.2) is 60.7 Å². The number of benzene rings is 3. The fourth-order valence-electron chi connectivity index (χ4n) is 7.53. The second-order valence-corrected chi connectivity index (χ2v) is 12.6. The van der Waals surface area contributed by atoms with Crippen LogP contribution in [0.5, 0.6) is 5.75 Å². The summed E-state index contributed by atoms with van der Waals surface area (Å²) in [5.74, 6) is 1.10. The fourth-order valence-corrected chi connectivity index (χ4v) is 7.53. The number of amides is 1. The summed E-state index contributed by atoms with van der Waals surface area (Å²) in [4.78, 5) is 15.9. The van der Waals surface area contributed by atoms with Gasteiger partial charge in [0.2, 0.25) is 5.91 Å². The first-order valence-corrected chi connectivity index (χ1v) is 15.1. The average Bonchev–Trinajstić information content (AvgIpc) is 3.60. The van der Waals surface area contributed by atoms with Crippen LogP contribution in [0.3, 0.4) is 0 Å². The maximum absolute atomic E-state index is 14.1. The van der Waals surface area contributed by atoms with E-state index in [1.165, 1.54) is 17.2 Å². The third kappa shape index (κ3) is 5.21. The SMILES string of the molecule is COc1ccccc1-c1ccc2c(c1)CCC2N[C@@H]1CC[C@@](C(=O)N2CCc3ccc(C(F)(F)F)cc3C2)(C(C)C)C1. The maximum Gasteiger partial charge on any atom is 0.416 e. The van der Waals surface area contributed by atoms with E-state index >= 15 is 0 Å². The number of halogens is 3. The van der Waals surface area contributed by atoms with Gasteiger partial charge in [0.25, 0.3) is 0 Å². The molecule has 1 aliphatic heterocycles. The normalized spacial score (nSPS) is 23.6. The number of aryl methyl sites for hydroxylation is 1. The molecule has 6 rings (SSSR count). The Labute approximate surface area is 246 Å². The molecule has 1 amide bonds. The topological polar surface area (TPSA) is 41.6 Å². The number of hydrogen-bond donors (Lipinski definition) is 1. The van der Waals surface area contributed by atoms with Crippen LogP contribution in [0.4, 0.5) is 13.2 Å². The van der Waals surface area contributed by atoms with E-state index in [1.54, 1.807) is 13.2 Å². The van der Waals surface area contributed by atoms with Crippen molar-refractivity contribution >= 4 is 5.91 Å². The number of rotatable bonds is 6. The molecular formula is C35H39F3N2O2. The zero-order valence-corrected chi connectivity index (χ0v) is 24.6. The van der Waals surface area contributed by atoms with Gasteiger partial charge in [0, 0.05) is 30.7 Å². The highest BCUT2D eigenvalue weighted by molar-refractivity contribution is 5.84. The summed E-state index contributed by atoms with van der Waals surface area (Å²) in [5, 5.41) is 3.90. The largest absolute Gasteiger partial charge is 0.496 e. The van der Waals surface area contributed by atoms with Gasteiger partial charge in [-0.3, -0.25) is 4.79 Å². The molecular weight excluding hydrogens is 537 g/mol. The predicted molar refractivity (Wildman–Crippen MR) is 158 cm³/mol. The van der Waals surface area contributed by atoms with E-state index < -0.39 is 17.2 Å². The molecule has 0 bridgehead atoms. The molecule has 42 heavy (non-hydrogen) atoms. The highest BCUT2D eigenvalue weighted by Crippen LogP contribution is 2.48. The van der Waals surface area contributed by atoms with Crippen LogP contribution >= 0.6 is 0 Å². The second kappa shape index (κ2) is 11.1. The standard InChI is InChI=1S/C35H39F3N2O2/c1-22(2)34(33(41)40-17-15-23-8-11-27(35(36,37)38)19-26(23)21-40)16-14-28(20-34)39-31-13-10-24-18-25(9-12-29(24)31)30-6-4-5-7-32(30)42-3/h4-9,11-12,18-19,22,28,31,39H,10,13-17,20-21H2,1-3H3/t28-,31?,34+/m1/s1. The van der Waals surface area contributed by atoms with Gasteiger partial charge in [0.1, 0.15) is 5.75 Å². The first-order valence-electron chi connectivity index (χ1n) is 15.1. The van der Waals surface area contributed by atoms with Gasteiger partial charge in [-0.1, -0.05) is 56.3 Å². The lowest BCUT2D eigenvalue weighted by atomic mass is 9.73. The Morgan fingerprint density at radius 2 is 1.81 bits per heavy atom. The molecule has 1 unspecified atom stereocenters. The lowest BCUT2D eigenvalue weighted by molar-refractivity contribution is -0.145. The van der Waals surface area contributed by atoms with Gasteiger partial charge in [-0.15, -0.1) is 0 Å². The van der Waals surface area contributed by atoms with E-state index in [0.29, 0.717) is 18.5 Å². The smallest absolute Gasteiger partial charge is 0.416 e. The second-order valence-electron chi connectivity index (χ2n) is 12.6. The lowest BCUT2D eigenvalue weighted by Crippen LogP contribution is -2.48. The van der Waals surface area contributed by atoms with Crippen molar-refractivity contribution < 1.29 is 22.7 Å². The highest BCUT2D eigenvalue weighted by atomic mass is 19.4. The number of alkyl halides is 3. The fraction of sp³-hybridized carbons (Fsp3) is 0.457. The van der Waals surface area contributed by atoms with E-state index in [-0.39, 0.29) is 30.5 Å². The molecule has 3 atom stereocenters. The Kier molecular flexibility index (Phi) is 7.58. The summed E-state index contributed by atoms with van der Waals surface area (Å²) in [6.45, 7) is 5.03. The molecule has 0 radical (unpaired) electrons. The molecule has 1 N–H and O–H groups in total. The summed E-state index contributed by atoms with van der Waals surface area (Å²) in [6.07, 6.45) is 0.681. The minimum Gasteiger partial charge on any atom is -0.496 e. The van der Waals surface area contributed by atoms with E-state index in [4.69, 9.17) is 4.74 Å². The van der Waals surface area contributed by atoms with Crippen LogP contribution in [-0.4, -0.2) is 30.5 Å². The Morgan fingerprint density at radius 3 is 2.57 bits per heavy atom. The number of ether oxygens (including phenoxy) is 1. The Hall–Kier alpha value is -3.32. The lowest BCUT2D eigenvalue weighted by Gasteiger charge is -2.40. The molecule has 4 nitrogen and oxygen atoms in total. The van der Waals surface area contributed by atoms with Gasteiger partial charge < -0.3 is 15.0 Å². The van der Waals surface area contributed by atoms with Crippen LogP contribution in [0.2, 0.25) is 0 Å². The summed E-state index contributed by atoms with van der Waals surface area (Å²) in [7, 11) is 1.70. The highest BCUT2D eigenvalue weighted by Gasteiger charge is 2.50. The molecule has 7 heteroatoms. The van der Waals surface area contributed by atoms with Gasteiger partial charge in [0.15, 0.2) is 0 Å². The number of nitrogens with zero attached hydrogens (tertiary/aromatic N) is 1. The number of nitrogens with one attached hydrogen (secondary N) is 1. The Morgan fingerprint density at radius 1 is 1.00 bits per heavy atom. The number of methoxy groups -OCH3 is 1. The van der Waals surface area contributed by atoms with Crippen molar-refractivity contribution in [2.24, 2.45) is 11.3 Å². The molecule has 2 aliphatic carbocycles. The van der Waals surface area contributed by atoms with Gasteiger partial charge in [-0.2, -0.15) is 13.2 Å². The molecule has 222 valence electrons. The van der Waals surface area contributed by atoms with E-state index in [2.05, 4.69) is 43.4 Å². The predicted octanol–water partition coefficient (Wildman–Crippen LogP) is 7.74. The summed E-state index contributed by atoms with van der Waals surface area (Å²) in [5.41, 5.74) is 5.29. The van der Waals surface area contributed by atoms with Crippen molar-refractivity contribution in [3.63, 3.8) is 0 Å². The summed E-state index contributed by atoms with van der Waals surface area (Å²) < 4.78 is 45.7. The van der Waals surface area contributed by atoms with E-state index in [1.807, 2.05) is 23.1 Å². The van der Waals surface area contributed by atoms with Crippen LogP contribution in [-0.2, 0) is 30.4 Å². The number of para-hydroxylation sites is 1. The molecule has 3 aromatic carbocycles. The number of carbonyl (C=O) groups excluding carboxylic acids is 1. The van der Waals surface area contributed by atoms with E-state index in [0.717, 1.165) is 60.6 Å². The molecule has 3 aromatic rings. The van der Waals surface area contributed by atoms with Crippen molar-refractivity contribution in [3.05, 3.63) is 88.5 Å². The van der Waals surface area contributed by atoms with Crippen molar-refractivity contribution in [3.8, 4) is 16.9 Å². The van der Waals surface area contributed by atoms with Gasteiger partial charge >= 0.3 is 6.18 Å². The van der Waals surface area contributed by atoms with Crippen LogP contribution in [0, 0.1) is 11.3 Å². The average molecular weight is 577 g/mol. The maximum atomic E-state index is 14.1. The number of hydrogen-bond acceptors (Lipinski definition) is 3. The summed E-state index contributed by atoms with van der Waals surface area (Å²) in [6, 6.07) is 19.2. The van der Waals surface area contributed by atoms with Crippen molar-refractivity contribution in [1.82, 2.24) is 10.2 Å². The Balaban J connectivity index is 1.16. The molecule has 3 aliphatic rings. The van der Waals surface area contributed by atoms with Crippen molar-refractivity contribution in [1.29, 1.82) is 0 Å². The summed E-state index contributed by atoms with van der Waals surface area (Å²) >= 11 is 0. The minimum atomic E-state index is -4.39. The van der Waals surface area contributed by atoms with Gasteiger partial charge in [0.05, 0.1) is 18.1 Å². The molecule has 1 heterocycles. The Bertz CT molecular complexity index is 1480. The number of carbonyl (C=O) groups is 1. The quantitative estimate of drug-likeness (QED) is 0.326. The molecule has 0 aromatic heterocycles. The van der Waals surface area contributed by atoms with Crippen molar-refractivity contribution in [2.75, 3.05) is 13.7 Å². The van der Waals surface area contributed by atoms with Crippen LogP contribution < -0.4 is 10.1 Å². The first kappa shape index (κ1) is 28.8. The van der Waals surface area contributed by atoms with E-state index in [9.17, 15) is 18.0 Å². The molecule has 0 spiro atoms. The van der Waals surface area contributed by atoms with Crippen LogP contribution in [0.1, 0.15) is 73.4 Å². The van der Waals surface area contributed by atoms with Crippen molar-refractivity contribution in [2.45, 2.75) is 77.2 Å². The zero-order chi connectivity index (χ0) is 29.6. The monoisotopic (exact) mass is 576 g/mol. The van der Waals surface area contributed by atoms with Gasteiger partial charge in [-0.25, -0.2) is 0 Å². The van der Waals surface area contributed by atoms with Gasteiger partial charge in [-0.05, 0) is 90.5 Å². The van der Waals surface area contributed by atoms with Crippen LogP contribution in [0.25, 0.3) is 11.1 Å². The molecule has 0 saturated heterocycles. The third-order valence-electron chi connectivity index (χ3n) is 9.99.